The number of aryl methyl sites for hydroxylation is 1. The van der Waals surface area contributed by atoms with Gasteiger partial charge in [-0.1, -0.05) is 22.9 Å². The molecule has 3 rings (SSSR count). The number of nitrogens with one attached hydrogen (secondary N) is 2. The molecule has 10 heteroatoms. The van der Waals surface area contributed by atoms with Gasteiger partial charge in [0, 0.05) is 5.02 Å². The van der Waals surface area contributed by atoms with Crippen molar-refractivity contribution in [1.29, 1.82) is 0 Å². The standard InChI is InChI=1S/C16H14ClN3O4S2/c1-10-14(15(21)18-9-12-3-2-8-24-12)25-16(19-10)20-26(22,23)13-6-4-11(17)5-7-13/h2-8H,9H2,1H3,(H,18,21)(H,19,20). The number of aromatic nitrogens is 1. The number of hydrogen-bond donors (Lipinski definition) is 2. The van der Waals surface area contributed by atoms with Crippen LogP contribution in [-0.2, 0) is 16.6 Å². The summed E-state index contributed by atoms with van der Waals surface area (Å²) in [7, 11) is -3.81. The van der Waals surface area contributed by atoms with Gasteiger partial charge >= 0.3 is 0 Å². The Kier molecular flexibility index (Phi) is 5.30. The molecule has 0 unspecified atom stereocenters. The Morgan fingerprint density at radius 1 is 1.27 bits per heavy atom. The van der Waals surface area contributed by atoms with Crippen LogP contribution >= 0.6 is 22.9 Å². The van der Waals surface area contributed by atoms with Gasteiger partial charge in [0.05, 0.1) is 23.4 Å². The minimum absolute atomic E-state index is 0.0542. The number of amides is 1. The van der Waals surface area contributed by atoms with Gasteiger partial charge in [0.15, 0.2) is 5.13 Å². The molecule has 2 aromatic heterocycles. The second-order valence-corrected chi connectivity index (χ2v) is 8.37. The number of nitrogens with zero attached hydrogens (tertiary/aromatic N) is 1. The highest BCUT2D eigenvalue weighted by molar-refractivity contribution is 7.93. The van der Waals surface area contributed by atoms with Crippen molar-refractivity contribution in [3.63, 3.8) is 0 Å². The smallest absolute Gasteiger partial charge is 0.263 e. The van der Waals surface area contributed by atoms with Crippen LogP contribution in [0.15, 0.2) is 52.0 Å². The fourth-order valence-electron chi connectivity index (χ4n) is 2.10. The van der Waals surface area contributed by atoms with E-state index in [1.54, 1.807) is 19.1 Å². The fraction of sp³-hybridized carbons (Fsp3) is 0.125. The van der Waals surface area contributed by atoms with E-state index in [-0.39, 0.29) is 22.5 Å². The number of anilines is 1. The Hall–Kier alpha value is -2.36. The highest BCUT2D eigenvalue weighted by atomic mass is 35.5. The fourth-order valence-corrected chi connectivity index (χ4v) is 4.34. The van der Waals surface area contributed by atoms with Crippen LogP contribution in [0.3, 0.4) is 0 Å². The molecule has 1 aromatic carbocycles. The molecule has 0 aliphatic carbocycles. The van der Waals surface area contributed by atoms with Crippen LogP contribution in [0.4, 0.5) is 5.13 Å². The van der Waals surface area contributed by atoms with Gasteiger partial charge in [-0.15, -0.1) is 0 Å². The lowest BCUT2D eigenvalue weighted by molar-refractivity contribution is 0.0951. The molecule has 136 valence electrons. The Labute approximate surface area is 159 Å². The van der Waals surface area contributed by atoms with Gasteiger partial charge in [-0.05, 0) is 43.3 Å². The average Bonchev–Trinajstić information content (AvgIpc) is 3.22. The Balaban J connectivity index is 1.73. The van der Waals surface area contributed by atoms with Crippen molar-refractivity contribution in [3.05, 3.63) is 64.0 Å². The molecular weight excluding hydrogens is 398 g/mol. The van der Waals surface area contributed by atoms with Crippen LogP contribution in [-0.4, -0.2) is 19.3 Å². The zero-order valence-electron chi connectivity index (χ0n) is 13.5. The van der Waals surface area contributed by atoms with Crippen LogP contribution in [0.5, 0.6) is 0 Å². The molecule has 2 heterocycles. The Bertz CT molecular complexity index is 1010. The van der Waals surface area contributed by atoms with Crippen molar-refractivity contribution in [2.75, 3.05) is 4.72 Å². The summed E-state index contributed by atoms with van der Waals surface area (Å²) in [5, 5.41) is 3.25. The summed E-state index contributed by atoms with van der Waals surface area (Å²) in [6, 6.07) is 9.21. The SMILES string of the molecule is Cc1nc(NS(=O)(=O)c2ccc(Cl)cc2)sc1C(=O)NCc1ccco1. The summed E-state index contributed by atoms with van der Waals surface area (Å²) < 4.78 is 32.3. The van der Waals surface area contributed by atoms with Crippen molar-refractivity contribution in [2.24, 2.45) is 0 Å². The van der Waals surface area contributed by atoms with E-state index in [0.29, 0.717) is 21.4 Å². The topological polar surface area (TPSA) is 101 Å². The van der Waals surface area contributed by atoms with Gasteiger partial charge < -0.3 is 9.73 Å². The summed E-state index contributed by atoms with van der Waals surface area (Å²) in [5.74, 6) is 0.262. The highest BCUT2D eigenvalue weighted by Gasteiger charge is 2.20. The number of halogens is 1. The number of benzene rings is 1. The maximum atomic E-state index is 12.4. The van der Waals surface area contributed by atoms with Crippen molar-refractivity contribution >= 4 is 44.0 Å². The van der Waals surface area contributed by atoms with E-state index in [0.717, 1.165) is 11.3 Å². The lowest BCUT2D eigenvalue weighted by atomic mass is 10.3. The van der Waals surface area contributed by atoms with Gasteiger partial charge in [-0.25, -0.2) is 13.4 Å². The average molecular weight is 412 g/mol. The van der Waals surface area contributed by atoms with Crippen molar-refractivity contribution in [2.45, 2.75) is 18.4 Å². The molecule has 0 aliphatic rings. The number of carbonyl (C=O) groups is 1. The molecule has 0 fully saturated rings. The first-order chi connectivity index (χ1) is 12.3. The summed E-state index contributed by atoms with van der Waals surface area (Å²) in [6.45, 7) is 1.87. The van der Waals surface area contributed by atoms with Crippen LogP contribution in [0, 0.1) is 6.92 Å². The third kappa shape index (κ3) is 4.24. The number of hydrogen-bond acceptors (Lipinski definition) is 6. The molecule has 2 N–H and O–H groups in total. The lowest BCUT2D eigenvalue weighted by Crippen LogP contribution is -2.22. The summed E-state index contributed by atoms with van der Waals surface area (Å²) in [6.07, 6.45) is 1.52. The van der Waals surface area contributed by atoms with Crippen molar-refractivity contribution < 1.29 is 17.6 Å². The summed E-state index contributed by atoms with van der Waals surface area (Å²) in [4.78, 5) is 16.8. The molecule has 0 spiro atoms. The van der Waals surface area contributed by atoms with Crippen LogP contribution in [0.25, 0.3) is 0 Å². The normalized spacial score (nSPS) is 11.3. The minimum Gasteiger partial charge on any atom is -0.467 e. The largest absolute Gasteiger partial charge is 0.467 e. The highest BCUT2D eigenvalue weighted by Crippen LogP contribution is 2.25. The number of thiazole rings is 1. The molecule has 0 aliphatic heterocycles. The predicted octanol–water partition coefficient (Wildman–Crippen LogP) is 3.43. The predicted molar refractivity (Wildman–Crippen MR) is 99.0 cm³/mol. The third-order valence-corrected chi connectivity index (χ3v) is 6.16. The number of furan rings is 1. The molecule has 3 aromatic rings. The van der Waals surface area contributed by atoms with E-state index in [1.165, 1.54) is 30.5 Å². The van der Waals surface area contributed by atoms with Gasteiger partial charge in [0.1, 0.15) is 10.6 Å². The number of carbonyl (C=O) groups excluding carboxylic acids is 1. The zero-order chi connectivity index (χ0) is 18.7. The maximum Gasteiger partial charge on any atom is 0.263 e. The number of sulfonamides is 1. The Morgan fingerprint density at radius 2 is 2.00 bits per heavy atom. The van der Waals surface area contributed by atoms with Gasteiger partial charge in [-0.2, -0.15) is 0 Å². The lowest BCUT2D eigenvalue weighted by Gasteiger charge is -2.04. The summed E-state index contributed by atoms with van der Waals surface area (Å²) >= 11 is 6.73. The zero-order valence-corrected chi connectivity index (χ0v) is 15.9. The molecular formula is C16H14ClN3O4S2. The first-order valence-corrected chi connectivity index (χ1v) is 10.1. The second-order valence-electron chi connectivity index (χ2n) is 5.26. The molecule has 0 bridgehead atoms. The van der Waals surface area contributed by atoms with Crippen LogP contribution in [0.2, 0.25) is 5.02 Å². The van der Waals surface area contributed by atoms with E-state index < -0.39 is 10.0 Å². The molecule has 0 atom stereocenters. The van der Waals surface area contributed by atoms with E-state index >= 15 is 0 Å². The molecule has 0 saturated heterocycles. The van der Waals surface area contributed by atoms with E-state index in [1.807, 2.05) is 0 Å². The van der Waals surface area contributed by atoms with Gasteiger partial charge in [-0.3, -0.25) is 9.52 Å². The van der Waals surface area contributed by atoms with Crippen molar-refractivity contribution in [3.8, 4) is 0 Å². The van der Waals surface area contributed by atoms with E-state index in [9.17, 15) is 13.2 Å². The van der Waals surface area contributed by atoms with Crippen LogP contribution < -0.4 is 10.0 Å². The van der Waals surface area contributed by atoms with Gasteiger partial charge in [0.2, 0.25) is 0 Å². The molecule has 26 heavy (non-hydrogen) atoms. The monoisotopic (exact) mass is 411 g/mol. The van der Waals surface area contributed by atoms with Crippen LogP contribution in [0.1, 0.15) is 21.1 Å². The molecule has 1 amide bonds. The maximum absolute atomic E-state index is 12.4. The van der Waals surface area contributed by atoms with E-state index in [2.05, 4.69) is 15.0 Å². The minimum atomic E-state index is -3.81. The van der Waals surface area contributed by atoms with Crippen molar-refractivity contribution in [1.82, 2.24) is 10.3 Å². The first-order valence-electron chi connectivity index (χ1n) is 7.41. The molecule has 0 saturated carbocycles. The Morgan fingerprint density at radius 3 is 2.65 bits per heavy atom. The molecule has 7 nitrogen and oxygen atoms in total. The quantitative estimate of drug-likeness (QED) is 0.647. The second kappa shape index (κ2) is 7.48. The number of rotatable bonds is 6. The van der Waals surface area contributed by atoms with Gasteiger partial charge in [0.25, 0.3) is 15.9 Å². The first kappa shape index (κ1) is 18.4. The third-order valence-electron chi connectivity index (χ3n) is 3.35. The summed E-state index contributed by atoms with van der Waals surface area (Å²) in [5.41, 5.74) is 0.431. The molecule has 0 radical (unpaired) electrons. The van der Waals surface area contributed by atoms with E-state index in [4.69, 9.17) is 16.0 Å².